The number of hydrogen-bond acceptors (Lipinski definition) is 3. The van der Waals surface area contributed by atoms with Gasteiger partial charge in [-0.1, -0.05) is 37.0 Å². The molecule has 0 saturated heterocycles. The lowest BCUT2D eigenvalue weighted by atomic mass is 10.1. The monoisotopic (exact) mass is 320 g/mol. The third-order valence-electron chi connectivity index (χ3n) is 1.52. The molecule has 0 saturated carbocycles. The van der Waals surface area contributed by atoms with Crippen molar-refractivity contribution in [3.05, 3.63) is 32.7 Å². The molecule has 0 bridgehead atoms. The van der Waals surface area contributed by atoms with Crippen LogP contribution in [0.25, 0.3) is 0 Å². The second-order valence-electron chi connectivity index (χ2n) is 2.44. The van der Waals surface area contributed by atoms with Crippen LogP contribution in [0, 0.1) is 0 Å². The van der Waals surface area contributed by atoms with Gasteiger partial charge < -0.3 is 10.9 Å². The van der Waals surface area contributed by atoms with Gasteiger partial charge in [0.05, 0.1) is 0 Å². The van der Waals surface area contributed by atoms with Crippen molar-refractivity contribution in [2.24, 2.45) is 10.9 Å². The number of nitrogens with zero attached hydrogens (tertiary/aromatic N) is 1. The van der Waals surface area contributed by atoms with Crippen molar-refractivity contribution in [3.63, 3.8) is 0 Å². The van der Waals surface area contributed by atoms with Crippen LogP contribution >= 0.6 is 31.9 Å². The van der Waals surface area contributed by atoms with Crippen LogP contribution < -0.4 is 5.73 Å². The normalized spacial score (nSPS) is 11.4. The molecule has 4 nitrogen and oxygen atoms in total. The summed E-state index contributed by atoms with van der Waals surface area (Å²) in [6.45, 7) is 0. The van der Waals surface area contributed by atoms with E-state index in [2.05, 4.69) is 37.0 Å². The topological polar surface area (TPSA) is 75.7 Å². The lowest BCUT2D eigenvalue weighted by molar-refractivity contribution is -0.112. The summed E-state index contributed by atoms with van der Waals surface area (Å²) in [4.78, 5) is 10.9. The van der Waals surface area contributed by atoms with Crippen molar-refractivity contribution < 1.29 is 10.0 Å². The standard InChI is InChI=1S/C8H6Br2N2O2/c9-4-1-2-6(10)5(3-4)7(12-14)8(11)13/h1-3,14H,(H2,11,13)/b12-7-. The van der Waals surface area contributed by atoms with Gasteiger partial charge >= 0.3 is 0 Å². The predicted molar refractivity (Wildman–Crippen MR) is 59.4 cm³/mol. The largest absolute Gasteiger partial charge is 0.410 e. The number of oxime groups is 1. The van der Waals surface area contributed by atoms with Crippen molar-refractivity contribution in [2.45, 2.75) is 0 Å². The van der Waals surface area contributed by atoms with Crippen LogP contribution in [0.1, 0.15) is 5.56 Å². The zero-order valence-electron chi connectivity index (χ0n) is 6.87. The molecule has 0 aliphatic rings. The molecule has 14 heavy (non-hydrogen) atoms. The Kier molecular flexibility index (Phi) is 3.65. The molecule has 0 unspecified atom stereocenters. The van der Waals surface area contributed by atoms with Gasteiger partial charge in [-0.2, -0.15) is 0 Å². The van der Waals surface area contributed by atoms with Gasteiger partial charge in [-0.25, -0.2) is 0 Å². The third-order valence-corrected chi connectivity index (χ3v) is 2.70. The number of carbonyl (C=O) groups excluding carboxylic acids is 1. The molecule has 1 rings (SSSR count). The van der Waals surface area contributed by atoms with Crippen molar-refractivity contribution in [3.8, 4) is 0 Å². The first-order chi connectivity index (χ1) is 6.56. The first-order valence-electron chi connectivity index (χ1n) is 3.53. The van der Waals surface area contributed by atoms with Crippen LogP contribution in [0.4, 0.5) is 0 Å². The molecule has 0 aromatic heterocycles. The van der Waals surface area contributed by atoms with Crippen molar-refractivity contribution in [2.75, 3.05) is 0 Å². The Labute approximate surface area is 97.0 Å². The molecule has 0 radical (unpaired) electrons. The highest BCUT2D eigenvalue weighted by Gasteiger charge is 2.14. The van der Waals surface area contributed by atoms with Gasteiger partial charge in [0, 0.05) is 14.5 Å². The summed E-state index contributed by atoms with van der Waals surface area (Å²) < 4.78 is 1.39. The quantitative estimate of drug-likeness (QED) is 0.495. The van der Waals surface area contributed by atoms with Gasteiger partial charge in [0.2, 0.25) is 0 Å². The van der Waals surface area contributed by atoms with Gasteiger partial charge in [-0.05, 0) is 18.2 Å². The number of halogens is 2. The number of nitrogens with two attached hydrogens (primary N) is 1. The fourth-order valence-corrected chi connectivity index (χ4v) is 1.71. The molecule has 0 aliphatic heterocycles. The minimum absolute atomic E-state index is 0.182. The molecule has 0 fully saturated rings. The zero-order valence-corrected chi connectivity index (χ0v) is 10.0. The third kappa shape index (κ3) is 2.33. The van der Waals surface area contributed by atoms with E-state index in [0.717, 1.165) is 4.47 Å². The maximum atomic E-state index is 10.9. The number of hydrogen-bond donors (Lipinski definition) is 2. The highest BCUT2D eigenvalue weighted by atomic mass is 79.9. The molecule has 1 amide bonds. The van der Waals surface area contributed by atoms with E-state index in [1.54, 1.807) is 18.2 Å². The van der Waals surface area contributed by atoms with Crippen LogP contribution in [0.5, 0.6) is 0 Å². The number of primary amides is 1. The Hall–Kier alpha value is -0.880. The van der Waals surface area contributed by atoms with Gasteiger partial charge in [0.15, 0.2) is 5.71 Å². The summed E-state index contributed by atoms with van der Waals surface area (Å²) in [5.74, 6) is -0.786. The first-order valence-corrected chi connectivity index (χ1v) is 5.12. The molecule has 1 aromatic rings. The molecule has 0 heterocycles. The number of carbonyl (C=O) groups is 1. The van der Waals surface area contributed by atoms with Gasteiger partial charge in [0.25, 0.3) is 5.91 Å². The Morgan fingerprint density at radius 1 is 1.43 bits per heavy atom. The molecule has 6 heteroatoms. The van der Waals surface area contributed by atoms with Crippen LogP contribution in [0.3, 0.4) is 0 Å². The maximum absolute atomic E-state index is 10.9. The number of benzene rings is 1. The zero-order chi connectivity index (χ0) is 10.7. The van der Waals surface area contributed by atoms with E-state index in [9.17, 15) is 4.79 Å². The Bertz CT molecular complexity index is 404. The van der Waals surface area contributed by atoms with E-state index in [1.165, 1.54) is 0 Å². The average Bonchev–Trinajstić information content (AvgIpc) is 2.11. The Morgan fingerprint density at radius 2 is 2.07 bits per heavy atom. The molecule has 0 atom stereocenters. The van der Waals surface area contributed by atoms with Gasteiger partial charge in [-0.15, -0.1) is 0 Å². The Balaban J connectivity index is 3.30. The SMILES string of the molecule is NC(=O)/C(=N\O)c1cc(Br)ccc1Br. The molecule has 1 aromatic carbocycles. The lowest BCUT2D eigenvalue weighted by Crippen LogP contribution is -2.24. The predicted octanol–water partition coefficient (Wildman–Crippen LogP) is 1.88. The van der Waals surface area contributed by atoms with Crippen LogP contribution in [0.15, 0.2) is 32.3 Å². The summed E-state index contributed by atoms with van der Waals surface area (Å²) >= 11 is 6.45. The molecule has 3 N–H and O–H groups in total. The molecular formula is C8H6Br2N2O2. The summed E-state index contributed by atoms with van der Waals surface area (Å²) in [6.07, 6.45) is 0. The minimum Gasteiger partial charge on any atom is -0.410 e. The summed E-state index contributed by atoms with van der Waals surface area (Å²) in [5.41, 5.74) is 5.29. The van der Waals surface area contributed by atoms with Crippen LogP contribution in [-0.4, -0.2) is 16.8 Å². The van der Waals surface area contributed by atoms with Gasteiger partial charge in [0.1, 0.15) is 0 Å². The fraction of sp³-hybridized carbons (Fsp3) is 0. The van der Waals surface area contributed by atoms with E-state index in [-0.39, 0.29) is 5.71 Å². The fourth-order valence-electron chi connectivity index (χ4n) is 0.915. The van der Waals surface area contributed by atoms with Crippen molar-refractivity contribution in [1.82, 2.24) is 0 Å². The van der Waals surface area contributed by atoms with Crippen molar-refractivity contribution >= 4 is 43.5 Å². The smallest absolute Gasteiger partial charge is 0.271 e. The molecule has 74 valence electrons. The maximum Gasteiger partial charge on any atom is 0.271 e. The number of rotatable bonds is 2. The van der Waals surface area contributed by atoms with E-state index < -0.39 is 5.91 Å². The van der Waals surface area contributed by atoms with Crippen molar-refractivity contribution in [1.29, 1.82) is 0 Å². The highest BCUT2D eigenvalue weighted by Crippen LogP contribution is 2.22. The van der Waals surface area contributed by atoms with Crippen LogP contribution in [-0.2, 0) is 4.79 Å². The average molecular weight is 322 g/mol. The summed E-state index contributed by atoms with van der Waals surface area (Å²) in [5, 5.41) is 11.5. The van der Waals surface area contributed by atoms with Crippen LogP contribution in [0.2, 0.25) is 0 Å². The summed E-state index contributed by atoms with van der Waals surface area (Å²) in [7, 11) is 0. The second-order valence-corrected chi connectivity index (χ2v) is 4.21. The first kappa shape index (κ1) is 11.2. The summed E-state index contributed by atoms with van der Waals surface area (Å²) in [6, 6.07) is 5.13. The Morgan fingerprint density at radius 3 is 2.57 bits per heavy atom. The molecule has 0 spiro atoms. The van der Waals surface area contributed by atoms with Gasteiger partial charge in [-0.3, -0.25) is 4.79 Å². The lowest BCUT2D eigenvalue weighted by Gasteiger charge is -2.03. The van der Waals surface area contributed by atoms with E-state index in [1.807, 2.05) is 0 Å². The van der Waals surface area contributed by atoms with E-state index in [0.29, 0.717) is 10.0 Å². The van der Waals surface area contributed by atoms with E-state index in [4.69, 9.17) is 10.9 Å². The second kappa shape index (κ2) is 4.56. The highest BCUT2D eigenvalue weighted by molar-refractivity contribution is 9.11. The minimum atomic E-state index is -0.786. The van der Waals surface area contributed by atoms with E-state index >= 15 is 0 Å². The molecular weight excluding hydrogens is 316 g/mol. The molecule has 0 aliphatic carbocycles. The number of amides is 1.